The molecule has 0 bridgehead atoms. The molecule has 5 rings (SSSR count). The number of carbonyl (C=O) groups is 1. The van der Waals surface area contributed by atoms with Gasteiger partial charge in [0.05, 0.1) is 30.0 Å². The summed E-state index contributed by atoms with van der Waals surface area (Å²) < 4.78 is 7.48. The number of aromatic nitrogens is 6. The Labute approximate surface area is 228 Å². The first kappa shape index (κ1) is 26.5. The lowest BCUT2D eigenvalue weighted by atomic mass is 9.84. The maximum atomic E-state index is 13.1. The molecule has 2 fully saturated rings. The van der Waals surface area contributed by atoms with Gasteiger partial charge in [0.25, 0.3) is 0 Å². The second-order valence-corrected chi connectivity index (χ2v) is 11.4. The fourth-order valence-corrected chi connectivity index (χ4v) is 4.98. The summed E-state index contributed by atoms with van der Waals surface area (Å²) in [6.07, 6.45) is 10.3. The first-order valence-corrected chi connectivity index (χ1v) is 13.6. The highest BCUT2D eigenvalue weighted by Gasteiger charge is 2.34. The number of hydrogen-bond acceptors (Lipinski definition) is 9. The Morgan fingerprint density at radius 3 is 2.69 bits per heavy atom. The van der Waals surface area contributed by atoms with E-state index in [1.165, 1.54) is 25.5 Å². The number of nitrogens with zero attached hydrogens (tertiary/aromatic N) is 9. The molecule has 0 aromatic carbocycles. The summed E-state index contributed by atoms with van der Waals surface area (Å²) in [5, 5.41) is 26.5. The number of pyridine rings is 1. The number of rotatable bonds is 7. The average molecular weight is 530 g/mol. The highest BCUT2D eigenvalue weighted by Crippen LogP contribution is 2.30. The van der Waals surface area contributed by atoms with Crippen molar-refractivity contribution in [2.75, 3.05) is 24.5 Å². The Hall–Kier alpha value is -4.07. The molecule has 1 aliphatic heterocycles. The standard InChI is InChI=1S/C28H35N9O2/c1-28(2,3)39-27(38)37(16-20-6-4-7-20)24-8-5-11-35(18-24)26-10-9-23(31-33-26)17-36-19-25(32-34-36)22-12-21(13-29)14-30-15-22/h9-10,12,14-15,19-20,24H,4-8,11,16-18H2,1-3H3/t24-/m1/s1. The average Bonchev–Trinajstić information content (AvgIpc) is 3.36. The molecule has 4 heterocycles. The van der Waals surface area contributed by atoms with Crippen LogP contribution < -0.4 is 4.90 Å². The van der Waals surface area contributed by atoms with E-state index in [0.717, 1.165) is 43.0 Å². The zero-order valence-electron chi connectivity index (χ0n) is 22.8. The minimum absolute atomic E-state index is 0.0817. The molecule has 2 aliphatic rings. The van der Waals surface area contributed by atoms with E-state index >= 15 is 0 Å². The summed E-state index contributed by atoms with van der Waals surface area (Å²) in [5.41, 5.74) is 2.08. The third kappa shape index (κ3) is 6.69. The molecule has 0 radical (unpaired) electrons. The van der Waals surface area contributed by atoms with E-state index in [-0.39, 0.29) is 12.1 Å². The van der Waals surface area contributed by atoms with Gasteiger partial charge in [-0.3, -0.25) is 4.98 Å². The van der Waals surface area contributed by atoms with Crippen molar-refractivity contribution in [2.45, 2.75) is 71.1 Å². The number of amides is 1. The number of ether oxygens (including phenoxy) is 1. The van der Waals surface area contributed by atoms with Crippen molar-refractivity contribution in [2.24, 2.45) is 5.92 Å². The SMILES string of the molecule is CC(C)(C)OC(=O)N(CC1CCC1)[C@@H]1CCCN(c2ccc(Cn3cc(-c4cncc(C#N)c4)nn3)nn2)C1. The van der Waals surface area contributed by atoms with Crippen molar-refractivity contribution in [3.05, 3.63) is 48.0 Å². The molecule has 204 valence electrons. The quantitative estimate of drug-likeness (QED) is 0.445. The van der Waals surface area contributed by atoms with Gasteiger partial charge in [0, 0.05) is 37.6 Å². The van der Waals surface area contributed by atoms with Crippen LogP contribution in [0.3, 0.4) is 0 Å². The first-order chi connectivity index (χ1) is 18.8. The number of hydrogen-bond donors (Lipinski definition) is 0. The summed E-state index contributed by atoms with van der Waals surface area (Å²) >= 11 is 0. The van der Waals surface area contributed by atoms with Crippen molar-refractivity contribution in [1.82, 2.24) is 35.1 Å². The van der Waals surface area contributed by atoms with E-state index in [1.54, 1.807) is 23.1 Å². The third-order valence-corrected chi connectivity index (χ3v) is 7.20. The molecule has 1 atom stereocenters. The van der Waals surface area contributed by atoms with Crippen LogP contribution in [0.25, 0.3) is 11.3 Å². The van der Waals surface area contributed by atoms with Gasteiger partial charge in [-0.15, -0.1) is 10.2 Å². The molecule has 1 saturated heterocycles. The Morgan fingerprint density at radius 2 is 2.00 bits per heavy atom. The fourth-order valence-electron chi connectivity index (χ4n) is 4.98. The summed E-state index contributed by atoms with van der Waals surface area (Å²) in [5.74, 6) is 1.37. The Bertz CT molecular complexity index is 1320. The van der Waals surface area contributed by atoms with E-state index in [4.69, 9.17) is 10.00 Å². The maximum Gasteiger partial charge on any atom is 0.410 e. The van der Waals surface area contributed by atoms with Crippen LogP contribution in [0.15, 0.2) is 36.8 Å². The molecule has 11 heteroatoms. The van der Waals surface area contributed by atoms with E-state index in [9.17, 15) is 4.79 Å². The molecular weight excluding hydrogens is 494 g/mol. The monoisotopic (exact) mass is 529 g/mol. The lowest BCUT2D eigenvalue weighted by Crippen LogP contribution is -2.53. The zero-order chi connectivity index (χ0) is 27.4. The Balaban J connectivity index is 1.23. The van der Waals surface area contributed by atoms with Gasteiger partial charge in [0.1, 0.15) is 17.4 Å². The molecule has 0 N–H and O–H groups in total. The fraction of sp³-hybridized carbons (Fsp3) is 0.536. The molecule has 1 amide bonds. The lowest BCUT2D eigenvalue weighted by molar-refractivity contribution is 0.00733. The molecule has 1 aliphatic carbocycles. The van der Waals surface area contributed by atoms with E-state index in [1.807, 2.05) is 37.8 Å². The first-order valence-electron chi connectivity index (χ1n) is 13.6. The summed E-state index contributed by atoms with van der Waals surface area (Å²) in [7, 11) is 0. The summed E-state index contributed by atoms with van der Waals surface area (Å²) in [6.45, 7) is 8.51. The molecule has 1 saturated carbocycles. The molecule has 3 aromatic heterocycles. The molecule has 0 spiro atoms. The van der Waals surface area contributed by atoms with Crippen LogP contribution in [0.4, 0.5) is 10.6 Å². The van der Waals surface area contributed by atoms with Crippen LogP contribution in [0.2, 0.25) is 0 Å². The highest BCUT2D eigenvalue weighted by molar-refractivity contribution is 5.69. The van der Waals surface area contributed by atoms with Gasteiger partial charge in [-0.2, -0.15) is 10.4 Å². The predicted molar refractivity (Wildman–Crippen MR) is 145 cm³/mol. The Morgan fingerprint density at radius 1 is 1.15 bits per heavy atom. The van der Waals surface area contributed by atoms with E-state index < -0.39 is 5.60 Å². The maximum absolute atomic E-state index is 13.1. The normalized spacial score (nSPS) is 17.8. The summed E-state index contributed by atoms with van der Waals surface area (Å²) in [4.78, 5) is 21.4. The molecule has 11 nitrogen and oxygen atoms in total. The topological polar surface area (TPSA) is 126 Å². The van der Waals surface area contributed by atoms with Gasteiger partial charge < -0.3 is 14.5 Å². The zero-order valence-corrected chi connectivity index (χ0v) is 22.8. The minimum atomic E-state index is -0.521. The minimum Gasteiger partial charge on any atom is -0.444 e. The van der Waals surface area contributed by atoms with Crippen molar-refractivity contribution >= 4 is 11.9 Å². The number of anilines is 1. The lowest BCUT2D eigenvalue weighted by Gasteiger charge is -2.42. The molecule has 0 unspecified atom stereocenters. The number of nitriles is 1. The van der Waals surface area contributed by atoms with Crippen LogP contribution in [0.1, 0.15) is 64.1 Å². The largest absolute Gasteiger partial charge is 0.444 e. The molecular formula is C28H35N9O2. The highest BCUT2D eigenvalue weighted by atomic mass is 16.6. The van der Waals surface area contributed by atoms with Gasteiger partial charge in [-0.1, -0.05) is 11.6 Å². The summed E-state index contributed by atoms with van der Waals surface area (Å²) in [6, 6.07) is 7.83. The number of piperidine rings is 1. The second-order valence-electron chi connectivity index (χ2n) is 11.4. The number of carbonyl (C=O) groups excluding carboxylic acids is 1. The van der Waals surface area contributed by atoms with Crippen LogP contribution in [-0.2, 0) is 11.3 Å². The van der Waals surface area contributed by atoms with Gasteiger partial charge in [0.15, 0.2) is 5.82 Å². The molecule has 3 aromatic rings. The van der Waals surface area contributed by atoms with E-state index in [0.29, 0.717) is 30.3 Å². The van der Waals surface area contributed by atoms with Crippen LogP contribution in [-0.4, -0.2) is 72.4 Å². The second kappa shape index (κ2) is 11.4. The van der Waals surface area contributed by atoms with Gasteiger partial charge in [-0.25, -0.2) is 9.48 Å². The predicted octanol–water partition coefficient (Wildman–Crippen LogP) is 4.06. The van der Waals surface area contributed by atoms with Gasteiger partial charge in [0.2, 0.25) is 0 Å². The van der Waals surface area contributed by atoms with Crippen LogP contribution in [0, 0.1) is 17.2 Å². The van der Waals surface area contributed by atoms with Crippen molar-refractivity contribution in [3.63, 3.8) is 0 Å². The smallest absolute Gasteiger partial charge is 0.410 e. The van der Waals surface area contributed by atoms with Crippen molar-refractivity contribution in [3.8, 4) is 17.3 Å². The van der Waals surface area contributed by atoms with Crippen molar-refractivity contribution < 1.29 is 9.53 Å². The van der Waals surface area contributed by atoms with Crippen LogP contribution in [0.5, 0.6) is 0 Å². The third-order valence-electron chi connectivity index (χ3n) is 7.20. The Kier molecular flexibility index (Phi) is 7.72. The van der Waals surface area contributed by atoms with Crippen molar-refractivity contribution in [1.29, 1.82) is 5.26 Å². The molecule has 39 heavy (non-hydrogen) atoms. The van der Waals surface area contributed by atoms with Crippen LogP contribution >= 0.6 is 0 Å². The van der Waals surface area contributed by atoms with E-state index in [2.05, 4.69) is 36.5 Å². The van der Waals surface area contributed by atoms with Gasteiger partial charge in [-0.05, 0) is 70.6 Å². The van der Waals surface area contributed by atoms with Gasteiger partial charge >= 0.3 is 6.09 Å².